The number of carbonyl (C=O) groups excluding carboxylic acids is 5. The van der Waals surface area contributed by atoms with E-state index in [1.807, 2.05) is 63.2 Å². The van der Waals surface area contributed by atoms with Crippen molar-refractivity contribution in [3.05, 3.63) is 203 Å². The molecule has 1 N–H and O–H groups in total. The molecule has 0 aliphatic heterocycles. The quantitative estimate of drug-likeness (QED) is 0.132. The van der Waals surface area contributed by atoms with Crippen molar-refractivity contribution in [2.75, 3.05) is 0 Å². The standard InChI is InChI=1S/C19H22O.C18H20O2.C14H17O.C13H13O.C11H12O.2Y/c1-10-5-6-15-16(12(10)3)9-19-8-14(7-11(19)2)18(20)13(4)17(15)19;1-9-6-12-7-18(9)8-14-10(2)15(19)5-4-13(14)16(18)11(3)17(12)20;1-8(2)12-7-13-10(4)9(3)5-6-11(13)14(12)15;1-4-10-7-12-9(3)8(2)5-6-11(12)13(10)14;1-7-3-4-10-9(8(7)2)5-6-11(10)12;;/h5-6,11,14H,7-9H2,1-4H3;4-5,9,12,19H,6-8H2,1-3H3;5-6,8,12H,1,7H2,2-4H3;4-6H,1,7H2,2-3H3;3-4H,5-6H2,1-2H3;;/q;;2*-1;;;/b;;;10-4+;;;. The topological polar surface area (TPSA) is 106 Å². The second-order valence-electron chi connectivity index (χ2n) is 26.2. The van der Waals surface area contributed by atoms with Crippen molar-refractivity contribution in [3.63, 3.8) is 0 Å². The van der Waals surface area contributed by atoms with E-state index >= 15 is 0 Å². The van der Waals surface area contributed by atoms with Gasteiger partial charge in [-0.2, -0.15) is 5.92 Å². The molecule has 0 amide bonds. The average molecular weight is 1260 g/mol. The molecule has 0 aromatic heterocycles. The second kappa shape index (κ2) is 24.4. The second-order valence-corrected chi connectivity index (χ2v) is 26.2. The minimum absolute atomic E-state index is 0. The Labute approximate surface area is 545 Å². The van der Waals surface area contributed by atoms with Gasteiger partial charge in [-0.15, -0.1) is 5.57 Å². The largest absolute Gasteiger partial charge is 0.508 e. The van der Waals surface area contributed by atoms with Crippen molar-refractivity contribution in [3.8, 4) is 5.75 Å². The number of benzene rings is 5. The summed E-state index contributed by atoms with van der Waals surface area (Å²) in [6.07, 6.45) is 11.3. The van der Waals surface area contributed by atoms with E-state index in [0.29, 0.717) is 47.3 Å². The van der Waals surface area contributed by atoms with E-state index in [0.717, 1.165) is 96.8 Å². The van der Waals surface area contributed by atoms with Crippen LogP contribution in [0.5, 0.6) is 5.75 Å². The van der Waals surface area contributed by atoms with Crippen LogP contribution in [0.3, 0.4) is 0 Å². The van der Waals surface area contributed by atoms with Crippen LogP contribution in [0.25, 0.3) is 11.1 Å². The van der Waals surface area contributed by atoms with Gasteiger partial charge in [-0.1, -0.05) is 81.8 Å². The van der Waals surface area contributed by atoms with Crippen molar-refractivity contribution in [1.29, 1.82) is 0 Å². The van der Waals surface area contributed by atoms with Gasteiger partial charge < -0.3 is 16.8 Å². The van der Waals surface area contributed by atoms with E-state index in [1.165, 1.54) is 94.6 Å². The van der Waals surface area contributed by atoms with E-state index in [-0.39, 0.29) is 106 Å². The molecule has 6 nitrogen and oxygen atoms in total. The summed E-state index contributed by atoms with van der Waals surface area (Å²) in [5.74, 6) is 3.93. The predicted molar refractivity (Wildman–Crippen MR) is 328 cm³/mol. The number of aryl methyl sites for hydroxylation is 4. The molecule has 8 atom stereocenters. The van der Waals surface area contributed by atoms with E-state index < -0.39 is 0 Å². The summed E-state index contributed by atoms with van der Waals surface area (Å²) < 4.78 is 0. The number of allylic oxidation sites excluding steroid dienone is 6. The fraction of sp³-hybridized carbons (Fsp3) is 0.427. The summed E-state index contributed by atoms with van der Waals surface area (Å²) >= 11 is 0. The van der Waals surface area contributed by atoms with Crippen LogP contribution < -0.4 is 0 Å². The van der Waals surface area contributed by atoms with Gasteiger partial charge in [0, 0.05) is 117 Å². The predicted octanol–water partition coefficient (Wildman–Crippen LogP) is 16.3. The van der Waals surface area contributed by atoms with Gasteiger partial charge in [0.25, 0.3) is 0 Å². The van der Waals surface area contributed by atoms with Crippen LogP contribution in [-0.4, -0.2) is 34.0 Å². The molecule has 8 unspecified atom stereocenters. The van der Waals surface area contributed by atoms with Crippen LogP contribution in [0.1, 0.15) is 187 Å². The SMILES string of the molecule is CC1=C2c3ccc(C)c(C)c3CC23CC(CC3C)C1=O.CC1=C2c3ccc(O)c(C)c3CC23CC(CC3C)C1=O.Cc1ccc2c(c1C)CCC2=O.[CH2-]/C=C1\Cc2c(ccc(C)c2C)C1=O.[CH2-]C(C)C1Cc2c(ccc(C)c2C)C1=O.[Y].[Y]. The number of phenolic OH excluding ortho intramolecular Hbond substituents is 1. The van der Waals surface area contributed by atoms with Crippen LogP contribution in [-0.2, 0) is 107 Å². The molecule has 83 heavy (non-hydrogen) atoms. The maximum Gasteiger partial charge on any atom is 0.164 e. The Hall–Kier alpha value is -4.45. The van der Waals surface area contributed by atoms with E-state index in [2.05, 4.69) is 102 Å². The monoisotopic (exact) mass is 1260 g/mol. The molecule has 8 heteroatoms. The molecule has 428 valence electrons. The minimum Gasteiger partial charge on any atom is -0.508 e. The van der Waals surface area contributed by atoms with Crippen LogP contribution in [0.15, 0.2) is 83.5 Å². The summed E-state index contributed by atoms with van der Waals surface area (Å²) in [4.78, 5) is 60.3. The Bertz CT molecular complexity index is 3550. The first-order chi connectivity index (χ1) is 38.3. The molecule has 9 aliphatic rings. The molecule has 4 bridgehead atoms. The summed E-state index contributed by atoms with van der Waals surface area (Å²) in [7, 11) is 0. The van der Waals surface area contributed by atoms with Gasteiger partial charge in [-0.25, -0.2) is 13.0 Å². The molecule has 2 spiro atoms. The fourth-order valence-electron chi connectivity index (χ4n) is 16.3. The van der Waals surface area contributed by atoms with E-state index in [4.69, 9.17) is 0 Å². The summed E-state index contributed by atoms with van der Waals surface area (Å²) in [6.45, 7) is 37.4. The van der Waals surface area contributed by atoms with Gasteiger partial charge in [0.2, 0.25) is 0 Å². The van der Waals surface area contributed by atoms with Crippen LogP contribution in [0.4, 0.5) is 0 Å². The number of Topliss-reactive ketones (excluding diaryl/α,β-unsaturated/α-hetero) is 5. The molecule has 14 rings (SSSR count). The summed E-state index contributed by atoms with van der Waals surface area (Å²) in [5, 5.41) is 9.98. The first kappa shape index (κ1) is 64.5. The molecule has 2 fully saturated rings. The van der Waals surface area contributed by atoms with E-state index in [1.54, 1.807) is 12.1 Å². The van der Waals surface area contributed by atoms with Gasteiger partial charge in [0.05, 0.1) is 0 Å². The smallest absolute Gasteiger partial charge is 0.164 e. The molecule has 0 saturated heterocycles. The van der Waals surface area contributed by atoms with Crippen molar-refractivity contribution in [2.45, 2.75) is 161 Å². The Kier molecular flexibility index (Phi) is 19.0. The zero-order valence-electron chi connectivity index (χ0n) is 51.9. The number of carbonyl (C=O) groups is 5. The van der Waals surface area contributed by atoms with Crippen LogP contribution in [0, 0.1) is 122 Å². The van der Waals surface area contributed by atoms with Gasteiger partial charge in [0.15, 0.2) is 23.1 Å². The maximum absolute atomic E-state index is 12.6. The number of hydrogen-bond acceptors (Lipinski definition) is 6. The number of aromatic hydroxyl groups is 1. The normalized spacial score (nSPS) is 25.7. The molecule has 2 saturated carbocycles. The maximum atomic E-state index is 12.6. The van der Waals surface area contributed by atoms with Crippen molar-refractivity contribution in [1.82, 2.24) is 0 Å². The van der Waals surface area contributed by atoms with E-state index in [9.17, 15) is 29.1 Å². The summed E-state index contributed by atoms with van der Waals surface area (Å²) in [5.41, 5.74) is 29.3. The van der Waals surface area contributed by atoms with Crippen LogP contribution >= 0.6 is 0 Å². The van der Waals surface area contributed by atoms with Gasteiger partial charge in [-0.3, -0.25) is 19.2 Å². The van der Waals surface area contributed by atoms with Crippen molar-refractivity contribution in [2.24, 2.45) is 46.3 Å². The minimum atomic E-state index is 0. The molecule has 5 aromatic carbocycles. The number of hydrogen-bond donors (Lipinski definition) is 1. The molecule has 9 aliphatic carbocycles. The Morgan fingerprint density at radius 1 is 0.518 bits per heavy atom. The number of ketones is 5. The summed E-state index contributed by atoms with van der Waals surface area (Å²) in [6, 6.07) is 20.3. The molecular weight excluding hydrogens is 1170 g/mol. The fourth-order valence-corrected chi connectivity index (χ4v) is 16.3. The molecule has 2 radical (unpaired) electrons. The zero-order valence-corrected chi connectivity index (χ0v) is 57.6. The zero-order chi connectivity index (χ0) is 58.6. The van der Waals surface area contributed by atoms with Gasteiger partial charge in [0.1, 0.15) is 11.5 Å². The first-order valence-corrected chi connectivity index (χ1v) is 29.9. The first-order valence-electron chi connectivity index (χ1n) is 29.9. The van der Waals surface area contributed by atoms with Gasteiger partial charge in [-0.05, 0) is 257 Å². The van der Waals surface area contributed by atoms with Crippen molar-refractivity contribution >= 4 is 40.1 Å². The number of phenols is 1. The van der Waals surface area contributed by atoms with Gasteiger partial charge >= 0.3 is 0 Å². The third-order valence-electron chi connectivity index (χ3n) is 21.9. The Balaban J connectivity index is 0.000000137. The number of fused-ring (bicyclic) bond motifs is 9. The van der Waals surface area contributed by atoms with Crippen molar-refractivity contribution < 1.29 is 94.5 Å². The third kappa shape index (κ3) is 10.7. The van der Waals surface area contributed by atoms with Crippen LogP contribution in [0.2, 0.25) is 0 Å². The third-order valence-corrected chi connectivity index (χ3v) is 21.9. The molecule has 0 heterocycles. The molecular formula is C75H84O6Y2-2. The Morgan fingerprint density at radius 2 is 0.940 bits per heavy atom. The Morgan fingerprint density at radius 3 is 1.43 bits per heavy atom. The average Bonchev–Trinajstić information content (AvgIpc) is 3.53. The molecule has 5 aromatic rings. The number of rotatable bonds is 1.